The molecule has 1 aliphatic heterocycles. The number of rotatable bonds is 1. The van der Waals surface area contributed by atoms with Crippen LogP contribution in [0.4, 0.5) is 0 Å². The molecule has 1 fully saturated rings. The fourth-order valence-electron chi connectivity index (χ4n) is 7.60. The third-order valence-corrected chi connectivity index (χ3v) is 8.83. The number of hydrogen-bond acceptors (Lipinski definition) is 4. The van der Waals surface area contributed by atoms with Crippen LogP contribution in [-0.4, -0.2) is 24.5 Å². The number of likely N-dealkylation sites (N-methyl/N-ethyl adjacent to an activating group) is 1. The minimum absolute atomic E-state index is 0.0212. The molecule has 3 unspecified atom stereocenters. The summed E-state index contributed by atoms with van der Waals surface area (Å²) in [6.45, 7) is 0.910. The summed E-state index contributed by atoms with van der Waals surface area (Å²) >= 11 is 0. The molecule has 0 bridgehead atoms. The first-order valence-electron chi connectivity index (χ1n) is 11.4. The largest absolute Gasteiger partial charge is 0.370 e. The van der Waals surface area contributed by atoms with Crippen molar-refractivity contribution in [1.29, 1.82) is 5.26 Å². The molecule has 3 atom stereocenters. The van der Waals surface area contributed by atoms with E-state index in [-0.39, 0.29) is 16.4 Å². The summed E-state index contributed by atoms with van der Waals surface area (Å²) in [4.78, 5) is 7.48. The van der Waals surface area contributed by atoms with E-state index in [1.165, 1.54) is 22.3 Å². The number of fused-ring (bicyclic) bond motifs is 2. The molecule has 0 aromatic heterocycles. The van der Waals surface area contributed by atoms with Crippen LogP contribution in [-0.2, 0) is 23.8 Å². The van der Waals surface area contributed by atoms with Crippen LogP contribution in [0, 0.1) is 16.7 Å². The van der Waals surface area contributed by atoms with Crippen molar-refractivity contribution in [2.75, 3.05) is 13.6 Å². The summed E-state index contributed by atoms with van der Waals surface area (Å²) in [5, 5.41) is 9.37. The van der Waals surface area contributed by atoms with E-state index in [0.29, 0.717) is 11.5 Å². The number of benzene rings is 3. The number of aliphatic imine (C=N–C) groups is 1. The van der Waals surface area contributed by atoms with Crippen LogP contribution in [0.25, 0.3) is 11.1 Å². The molecular formula is C28H24N4. The summed E-state index contributed by atoms with van der Waals surface area (Å²) in [6, 6.07) is 25.9. The maximum atomic E-state index is 9.37. The molecule has 3 aromatic rings. The Labute approximate surface area is 188 Å². The maximum absolute atomic E-state index is 9.37. The lowest BCUT2D eigenvalue weighted by atomic mass is 9.71. The summed E-state index contributed by atoms with van der Waals surface area (Å²) in [7, 11) is 2.07. The van der Waals surface area contributed by atoms with Crippen molar-refractivity contribution in [2.45, 2.75) is 30.2 Å². The topological polar surface area (TPSA) is 65.4 Å². The second-order valence-electron chi connectivity index (χ2n) is 9.92. The highest BCUT2D eigenvalue weighted by Gasteiger charge is 2.92. The zero-order valence-corrected chi connectivity index (χ0v) is 18.1. The zero-order valence-electron chi connectivity index (χ0n) is 18.1. The van der Waals surface area contributed by atoms with Crippen LogP contribution < -0.4 is 5.73 Å². The Hall–Kier alpha value is -3.58. The third-order valence-electron chi connectivity index (χ3n) is 8.83. The van der Waals surface area contributed by atoms with E-state index in [4.69, 9.17) is 10.7 Å². The fourth-order valence-corrected chi connectivity index (χ4v) is 7.60. The molecule has 1 heterocycles. The van der Waals surface area contributed by atoms with Crippen LogP contribution in [0.1, 0.15) is 34.2 Å². The number of guanidine groups is 1. The molecule has 156 valence electrons. The van der Waals surface area contributed by atoms with Crippen molar-refractivity contribution in [3.8, 4) is 17.2 Å². The monoisotopic (exact) mass is 416 g/mol. The molecule has 7 rings (SSSR count). The number of aryl methyl sites for hydroxylation is 1. The van der Waals surface area contributed by atoms with Crippen molar-refractivity contribution in [3.63, 3.8) is 0 Å². The number of hydrogen-bond donors (Lipinski definition) is 1. The van der Waals surface area contributed by atoms with Crippen LogP contribution in [0.15, 0.2) is 71.7 Å². The third kappa shape index (κ3) is 1.76. The Bertz CT molecular complexity index is 1400. The summed E-state index contributed by atoms with van der Waals surface area (Å²) in [5.41, 5.74) is 14.9. The van der Waals surface area contributed by atoms with E-state index in [1.54, 1.807) is 0 Å². The quantitative estimate of drug-likeness (QED) is 0.649. The van der Waals surface area contributed by atoms with E-state index in [0.717, 1.165) is 36.9 Å². The highest BCUT2D eigenvalue weighted by Crippen LogP contribution is 2.87. The average Bonchev–Trinajstić information content (AvgIpc) is 3.22. The Morgan fingerprint density at radius 1 is 0.969 bits per heavy atom. The normalized spacial score (nSPS) is 30.8. The van der Waals surface area contributed by atoms with Gasteiger partial charge >= 0.3 is 0 Å². The van der Waals surface area contributed by atoms with Crippen molar-refractivity contribution in [2.24, 2.45) is 16.1 Å². The molecule has 2 N–H and O–H groups in total. The van der Waals surface area contributed by atoms with Gasteiger partial charge in [-0.25, -0.2) is 4.99 Å². The van der Waals surface area contributed by atoms with E-state index >= 15 is 0 Å². The van der Waals surface area contributed by atoms with Gasteiger partial charge in [0.15, 0.2) is 5.96 Å². The Morgan fingerprint density at radius 3 is 2.69 bits per heavy atom. The number of nitrogens with two attached hydrogens (primary N) is 1. The molecule has 32 heavy (non-hydrogen) atoms. The van der Waals surface area contributed by atoms with Gasteiger partial charge in [-0.3, -0.25) is 0 Å². The standard InChI is InChI=1S/C28H24N4/c1-32-17-27-23-8-3-2-6-19(23)11-12-26(27)15-22-10-9-21(20-7-4-5-18(13-20)16-29)14-24(22)28(26,27)31-25(32)30/h2-10,13-14H,11-12,15,17H2,1H3,(H2,30,31). The molecule has 3 spiro atoms. The number of nitriles is 1. The lowest BCUT2D eigenvalue weighted by molar-refractivity contribution is 0.311. The van der Waals surface area contributed by atoms with Gasteiger partial charge in [-0.2, -0.15) is 5.26 Å². The summed E-state index contributed by atoms with van der Waals surface area (Å²) < 4.78 is 0. The highest BCUT2D eigenvalue weighted by atomic mass is 15.3. The van der Waals surface area contributed by atoms with E-state index < -0.39 is 0 Å². The Balaban J connectivity index is 1.49. The first-order valence-corrected chi connectivity index (χ1v) is 11.4. The minimum atomic E-state index is -0.290. The van der Waals surface area contributed by atoms with Gasteiger partial charge in [0.1, 0.15) is 5.54 Å². The molecule has 3 aliphatic carbocycles. The lowest BCUT2D eigenvalue weighted by Crippen LogP contribution is -2.48. The average molecular weight is 417 g/mol. The van der Waals surface area contributed by atoms with Gasteiger partial charge in [-0.15, -0.1) is 0 Å². The molecule has 0 saturated heterocycles. The predicted molar refractivity (Wildman–Crippen MR) is 125 cm³/mol. The van der Waals surface area contributed by atoms with Crippen LogP contribution in [0.3, 0.4) is 0 Å². The molecule has 3 aromatic carbocycles. The minimum Gasteiger partial charge on any atom is -0.370 e. The summed E-state index contributed by atoms with van der Waals surface area (Å²) in [5.74, 6) is 0.645. The summed E-state index contributed by atoms with van der Waals surface area (Å²) in [6.07, 6.45) is 3.30. The smallest absolute Gasteiger partial charge is 0.191 e. The Morgan fingerprint density at radius 2 is 1.81 bits per heavy atom. The van der Waals surface area contributed by atoms with Gasteiger partial charge in [0.05, 0.1) is 17.0 Å². The fraction of sp³-hybridized carbons (Fsp3) is 0.286. The second-order valence-corrected chi connectivity index (χ2v) is 9.92. The highest BCUT2D eigenvalue weighted by molar-refractivity contribution is 5.85. The van der Waals surface area contributed by atoms with Crippen molar-refractivity contribution < 1.29 is 0 Å². The molecule has 4 aliphatic rings. The van der Waals surface area contributed by atoms with Gasteiger partial charge in [0, 0.05) is 19.0 Å². The van der Waals surface area contributed by atoms with E-state index in [9.17, 15) is 5.26 Å². The SMILES string of the molecule is CN1CC23c4ccccc4CCC24Cc2ccc(-c5cccc(C#N)c5)cc2C43N=C1N. The van der Waals surface area contributed by atoms with Crippen LogP contribution in [0.5, 0.6) is 0 Å². The molecule has 4 heteroatoms. The molecule has 1 saturated carbocycles. The lowest BCUT2D eigenvalue weighted by Gasteiger charge is -2.38. The van der Waals surface area contributed by atoms with Crippen molar-refractivity contribution >= 4 is 5.96 Å². The van der Waals surface area contributed by atoms with Gasteiger partial charge in [0.25, 0.3) is 0 Å². The van der Waals surface area contributed by atoms with Gasteiger partial charge in [-0.05, 0) is 70.8 Å². The Kier molecular flexibility index (Phi) is 3.16. The zero-order chi connectivity index (χ0) is 21.7. The second kappa shape index (κ2) is 5.61. The molecule has 0 radical (unpaired) electrons. The molecule has 0 amide bonds. The van der Waals surface area contributed by atoms with E-state index in [1.807, 2.05) is 18.2 Å². The molecular weight excluding hydrogens is 392 g/mol. The molecule has 4 nitrogen and oxygen atoms in total. The van der Waals surface area contributed by atoms with Crippen LogP contribution >= 0.6 is 0 Å². The van der Waals surface area contributed by atoms with Crippen molar-refractivity contribution in [1.82, 2.24) is 4.90 Å². The van der Waals surface area contributed by atoms with Crippen LogP contribution in [0.2, 0.25) is 0 Å². The van der Waals surface area contributed by atoms with E-state index in [2.05, 4.69) is 66.5 Å². The van der Waals surface area contributed by atoms with Gasteiger partial charge in [0.2, 0.25) is 0 Å². The maximum Gasteiger partial charge on any atom is 0.191 e. The first-order chi connectivity index (χ1) is 15.6. The number of nitrogens with zero attached hydrogens (tertiary/aromatic N) is 3. The van der Waals surface area contributed by atoms with Gasteiger partial charge in [-0.1, -0.05) is 48.5 Å². The van der Waals surface area contributed by atoms with Gasteiger partial charge < -0.3 is 10.6 Å². The first kappa shape index (κ1) is 18.0. The van der Waals surface area contributed by atoms with Crippen molar-refractivity contribution in [3.05, 3.63) is 94.5 Å². The predicted octanol–water partition coefficient (Wildman–Crippen LogP) is 4.12.